The summed E-state index contributed by atoms with van der Waals surface area (Å²) in [7, 11) is 0. The SMILES string of the molecule is CCC(=[N-])c1ccccc1.[Br-].[Mg+2]. The molecule has 1 aromatic rings. The second-order valence-corrected chi connectivity index (χ2v) is 2.17. The van der Waals surface area contributed by atoms with Crippen LogP contribution in [0.5, 0.6) is 0 Å². The van der Waals surface area contributed by atoms with Crippen molar-refractivity contribution in [2.45, 2.75) is 13.3 Å². The van der Waals surface area contributed by atoms with Gasteiger partial charge in [0.1, 0.15) is 0 Å². The van der Waals surface area contributed by atoms with E-state index in [1.807, 2.05) is 37.3 Å². The first-order chi connectivity index (χ1) is 4.84. The van der Waals surface area contributed by atoms with Gasteiger partial charge in [0.15, 0.2) is 0 Å². The summed E-state index contributed by atoms with van der Waals surface area (Å²) in [4.78, 5) is 0. The molecule has 0 aromatic heterocycles. The van der Waals surface area contributed by atoms with Crippen molar-refractivity contribution in [2.24, 2.45) is 0 Å². The van der Waals surface area contributed by atoms with E-state index in [1.165, 1.54) is 0 Å². The quantitative estimate of drug-likeness (QED) is 0.468. The van der Waals surface area contributed by atoms with Gasteiger partial charge in [0.05, 0.1) is 0 Å². The van der Waals surface area contributed by atoms with E-state index in [2.05, 4.69) is 0 Å². The Morgan fingerprint density at radius 3 is 2.17 bits per heavy atom. The van der Waals surface area contributed by atoms with Crippen LogP contribution in [-0.4, -0.2) is 28.8 Å². The molecule has 0 aliphatic heterocycles. The minimum absolute atomic E-state index is 0. The van der Waals surface area contributed by atoms with Gasteiger partial charge < -0.3 is 22.4 Å². The molecule has 0 atom stereocenters. The first-order valence-electron chi connectivity index (χ1n) is 3.44. The molecular weight excluding hydrogens is 226 g/mol. The molecule has 0 N–H and O–H groups in total. The Kier molecular flexibility index (Phi) is 9.48. The summed E-state index contributed by atoms with van der Waals surface area (Å²) in [5.74, 6) is 0. The third kappa shape index (κ3) is 4.23. The molecule has 0 radical (unpaired) electrons. The number of benzene rings is 1. The zero-order valence-electron chi connectivity index (χ0n) is 7.13. The van der Waals surface area contributed by atoms with Gasteiger partial charge in [0.2, 0.25) is 0 Å². The van der Waals surface area contributed by atoms with E-state index in [9.17, 15) is 5.41 Å². The van der Waals surface area contributed by atoms with E-state index in [-0.39, 0.29) is 40.0 Å². The number of hydrogen-bond acceptors (Lipinski definition) is 0. The molecule has 0 heterocycles. The maximum absolute atomic E-state index is 9.25. The van der Waals surface area contributed by atoms with Crippen molar-refractivity contribution in [1.29, 1.82) is 0 Å². The molecule has 0 amide bonds. The Hall–Kier alpha value is 0.136. The maximum Gasteiger partial charge on any atom is 2.00 e. The van der Waals surface area contributed by atoms with Gasteiger partial charge in [-0.15, -0.1) is 0 Å². The van der Waals surface area contributed by atoms with E-state index in [4.69, 9.17) is 0 Å². The molecule has 1 rings (SSSR count). The van der Waals surface area contributed by atoms with Crippen molar-refractivity contribution < 1.29 is 17.0 Å². The zero-order valence-corrected chi connectivity index (χ0v) is 10.1. The smallest absolute Gasteiger partial charge is 1.00 e. The third-order valence-corrected chi connectivity index (χ3v) is 1.44. The van der Waals surface area contributed by atoms with Crippen LogP contribution in [0.15, 0.2) is 30.3 Å². The molecule has 1 nitrogen and oxygen atoms in total. The topological polar surface area (TPSA) is 22.3 Å². The van der Waals surface area contributed by atoms with Crippen LogP contribution in [0.1, 0.15) is 18.9 Å². The van der Waals surface area contributed by atoms with Crippen LogP contribution in [0.25, 0.3) is 5.41 Å². The fourth-order valence-corrected chi connectivity index (χ4v) is 0.835. The Balaban J connectivity index is 0. The summed E-state index contributed by atoms with van der Waals surface area (Å²) < 4.78 is 0. The van der Waals surface area contributed by atoms with Gasteiger partial charge in [0.25, 0.3) is 0 Å². The van der Waals surface area contributed by atoms with Crippen LogP contribution in [0.3, 0.4) is 0 Å². The van der Waals surface area contributed by atoms with Gasteiger partial charge in [0, 0.05) is 0 Å². The summed E-state index contributed by atoms with van der Waals surface area (Å²) in [6.45, 7) is 1.93. The zero-order chi connectivity index (χ0) is 7.40. The summed E-state index contributed by atoms with van der Waals surface area (Å²) in [6.07, 6.45) is 0.698. The van der Waals surface area contributed by atoms with Crippen molar-refractivity contribution in [2.75, 3.05) is 0 Å². The Morgan fingerprint density at radius 1 is 1.25 bits per heavy atom. The Morgan fingerprint density at radius 2 is 1.75 bits per heavy atom. The molecule has 12 heavy (non-hydrogen) atoms. The molecule has 60 valence electrons. The number of rotatable bonds is 2. The van der Waals surface area contributed by atoms with Gasteiger partial charge >= 0.3 is 23.1 Å². The monoisotopic (exact) mass is 235 g/mol. The summed E-state index contributed by atoms with van der Waals surface area (Å²) in [5.41, 5.74) is 1.38. The molecule has 0 aliphatic rings. The van der Waals surface area contributed by atoms with Gasteiger partial charge in [-0.25, -0.2) is 0 Å². The van der Waals surface area contributed by atoms with Crippen LogP contribution in [-0.2, 0) is 0 Å². The van der Waals surface area contributed by atoms with Crippen molar-refractivity contribution in [3.8, 4) is 0 Å². The fourth-order valence-electron chi connectivity index (χ4n) is 0.835. The first kappa shape index (κ1) is 14.6. The van der Waals surface area contributed by atoms with Gasteiger partial charge in [-0.3, -0.25) is 0 Å². The molecule has 0 bridgehead atoms. The van der Waals surface area contributed by atoms with Crippen LogP contribution >= 0.6 is 0 Å². The second-order valence-electron chi connectivity index (χ2n) is 2.17. The molecule has 0 aliphatic carbocycles. The first-order valence-corrected chi connectivity index (χ1v) is 3.44. The van der Waals surface area contributed by atoms with Crippen LogP contribution < -0.4 is 17.0 Å². The van der Waals surface area contributed by atoms with Gasteiger partial charge in [-0.1, -0.05) is 43.7 Å². The second kappa shape index (κ2) is 7.77. The van der Waals surface area contributed by atoms with Crippen molar-refractivity contribution in [3.63, 3.8) is 0 Å². The molecule has 0 saturated heterocycles. The van der Waals surface area contributed by atoms with Gasteiger partial charge in [-0.2, -0.15) is 5.71 Å². The predicted octanol–water partition coefficient (Wildman–Crippen LogP) is -0.922. The van der Waals surface area contributed by atoms with Gasteiger partial charge in [-0.05, 0) is 5.56 Å². The fraction of sp³-hybridized carbons (Fsp3) is 0.222. The number of nitrogens with zero attached hydrogens (tertiary/aromatic N) is 1. The largest absolute Gasteiger partial charge is 2.00 e. The molecule has 3 heteroatoms. The van der Waals surface area contributed by atoms with E-state index >= 15 is 0 Å². The Labute approximate surface area is 100.0 Å². The van der Waals surface area contributed by atoms with Crippen LogP contribution in [0.2, 0.25) is 0 Å². The Bertz CT molecular complexity index is 223. The normalized spacial score (nSPS) is 7.75. The molecule has 1 aromatic carbocycles. The molecule has 0 fully saturated rings. The third-order valence-electron chi connectivity index (χ3n) is 1.44. The molecular formula is C9H10BrMgN. The van der Waals surface area contributed by atoms with E-state index in [0.717, 1.165) is 5.56 Å². The average molecular weight is 236 g/mol. The minimum atomic E-state index is 0. The van der Waals surface area contributed by atoms with Crippen LogP contribution in [0.4, 0.5) is 0 Å². The van der Waals surface area contributed by atoms with Crippen LogP contribution in [0, 0.1) is 0 Å². The van der Waals surface area contributed by atoms with E-state index < -0.39 is 0 Å². The number of hydrogen-bond donors (Lipinski definition) is 0. The van der Waals surface area contributed by atoms with E-state index in [0.29, 0.717) is 12.1 Å². The van der Waals surface area contributed by atoms with Crippen molar-refractivity contribution >= 4 is 28.8 Å². The number of halogens is 1. The van der Waals surface area contributed by atoms with Crippen molar-refractivity contribution in [1.82, 2.24) is 0 Å². The van der Waals surface area contributed by atoms with E-state index in [1.54, 1.807) is 0 Å². The summed E-state index contributed by atoms with van der Waals surface area (Å²) in [5, 5.41) is 9.25. The average Bonchev–Trinajstić information content (AvgIpc) is 2.05. The molecule has 0 saturated carbocycles. The minimum Gasteiger partial charge on any atom is -1.00 e. The molecule has 0 spiro atoms. The maximum atomic E-state index is 9.25. The standard InChI is InChI=1S/C9H10N.BrH.Mg/c1-2-9(10)8-6-4-3-5-7-8;;/h3-7H,2H2,1H3;1H;/q-1;;+2/p-1. The predicted molar refractivity (Wildman–Crippen MR) is 50.0 cm³/mol. The molecule has 0 unspecified atom stereocenters. The van der Waals surface area contributed by atoms with Crippen molar-refractivity contribution in [3.05, 3.63) is 41.3 Å². The summed E-state index contributed by atoms with van der Waals surface area (Å²) >= 11 is 0. The summed E-state index contributed by atoms with van der Waals surface area (Å²) in [6, 6.07) is 9.58.